The number of aryl methyl sites for hydroxylation is 2. The van der Waals surface area contributed by atoms with Gasteiger partial charge in [-0.1, -0.05) is 6.92 Å². The molecule has 1 aromatic heterocycles. The number of hydrogen-bond donors (Lipinski definition) is 0. The molecule has 1 aromatic rings. The molecule has 0 bridgehead atoms. The van der Waals surface area contributed by atoms with E-state index in [1.165, 1.54) is 0 Å². The van der Waals surface area contributed by atoms with Crippen LogP contribution in [0.5, 0.6) is 0 Å². The highest BCUT2D eigenvalue weighted by Crippen LogP contribution is 2.18. The fourth-order valence-electron chi connectivity index (χ4n) is 1.13. The fraction of sp³-hybridized carbons (Fsp3) is 0.556. The zero-order valence-electron chi connectivity index (χ0n) is 8.12. The van der Waals surface area contributed by atoms with Crippen molar-refractivity contribution in [1.82, 2.24) is 0 Å². The van der Waals surface area contributed by atoms with Crippen molar-refractivity contribution in [3.63, 3.8) is 0 Å². The summed E-state index contributed by atoms with van der Waals surface area (Å²) in [5, 5.41) is 0. The molecular formula is C9H14O3S. The van der Waals surface area contributed by atoms with Crippen LogP contribution in [0.25, 0.3) is 0 Å². The number of furan rings is 1. The van der Waals surface area contributed by atoms with Crippen LogP contribution in [-0.4, -0.2) is 14.2 Å². The lowest BCUT2D eigenvalue weighted by Crippen LogP contribution is -2.07. The summed E-state index contributed by atoms with van der Waals surface area (Å²) in [5.74, 6) is 0.976. The van der Waals surface area contributed by atoms with Gasteiger partial charge >= 0.3 is 0 Å². The van der Waals surface area contributed by atoms with Crippen molar-refractivity contribution in [3.05, 3.63) is 23.2 Å². The molecule has 74 valence electrons. The van der Waals surface area contributed by atoms with Crippen molar-refractivity contribution < 1.29 is 12.8 Å². The highest BCUT2D eigenvalue weighted by molar-refractivity contribution is 7.90. The lowest BCUT2D eigenvalue weighted by atomic mass is 10.2. The normalized spacial score (nSPS) is 11.9. The first-order valence-electron chi connectivity index (χ1n) is 4.20. The Morgan fingerprint density at radius 3 is 2.38 bits per heavy atom. The van der Waals surface area contributed by atoms with Gasteiger partial charge in [0, 0.05) is 11.3 Å². The van der Waals surface area contributed by atoms with Gasteiger partial charge in [0.05, 0.1) is 12.0 Å². The Morgan fingerprint density at radius 1 is 1.38 bits per heavy atom. The van der Waals surface area contributed by atoms with E-state index in [9.17, 15) is 8.42 Å². The molecule has 0 amide bonds. The molecule has 0 aliphatic rings. The van der Waals surface area contributed by atoms with Crippen LogP contribution in [0.2, 0.25) is 0 Å². The third-order valence-electron chi connectivity index (χ3n) is 2.12. The van der Waals surface area contributed by atoms with Crippen molar-refractivity contribution in [2.45, 2.75) is 26.5 Å². The zero-order chi connectivity index (χ0) is 10.1. The van der Waals surface area contributed by atoms with Crippen LogP contribution in [-0.2, 0) is 15.6 Å². The minimum Gasteiger partial charge on any atom is -0.469 e. The standard InChI is InChI=1S/C9H14O3S/c1-4-13(10,11)6-9-7(2)5-12-8(9)3/h5H,4,6H2,1-3H3. The van der Waals surface area contributed by atoms with Gasteiger partial charge in [-0.05, 0) is 19.4 Å². The zero-order valence-corrected chi connectivity index (χ0v) is 8.94. The Kier molecular flexibility index (Phi) is 2.81. The van der Waals surface area contributed by atoms with E-state index in [0.29, 0.717) is 5.76 Å². The molecule has 0 spiro atoms. The molecule has 0 N–H and O–H groups in total. The summed E-state index contributed by atoms with van der Waals surface area (Å²) in [6.07, 6.45) is 1.59. The second-order valence-electron chi connectivity index (χ2n) is 3.13. The van der Waals surface area contributed by atoms with Gasteiger partial charge in [0.25, 0.3) is 0 Å². The molecule has 13 heavy (non-hydrogen) atoms. The summed E-state index contributed by atoms with van der Waals surface area (Å²) in [6.45, 7) is 5.30. The van der Waals surface area contributed by atoms with Gasteiger partial charge in [-0.3, -0.25) is 0 Å². The lowest BCUT2D eigenvalue weighted by Gasteiger charge is -2.00. The maximum Gasteiger partial charge on any atom is 0.154 e. The Bertz CT molecular complexity index is 367. The smallest absolute Gasteiger partial charge is 0.154 e. The van der Waals surface area contributed by atoms with Gasteiger partial charge in [0.1, 0.15) is 5.76 Å². The molecule has 0 aromatic carbocycles. The fourth-order valence-corrected chi connectivity index (χ4v) is 2.21. The number of hydrogen-bond acceptors (Lipinski definition) is 3. The SMILES string of the molecule is CCS(=O)(=O)Cc1c(C)coc1C. The predicted octanol–water partition coefficient (Wildman–Crippen LogP) is 1.83. The van der Waals surface area contributed by atoms with E-state index < -0.39 is 9.84 Å². The van der Waals surface area contributed by atoms with Gasteiger partial charge in [0.15, 0.2) is 9.84 Å². The Labute approximate surface area is 78.7 Å². The molecule has 4 heteroatoms. The van der Waals surface area contributed by atoms with Gasteiger partial charge in [-0.25, -0.2) is 8.42 Å². The van der Waals surface area contributed by atoms with Crippen molar-refractivity contribution in [2.24, 2.45) is 0 Å². The Balaban J connectivity index is 2.99. The van der Waals surface area contributed by atoms with Gasteiger partial charge in [-0.15, -0.1) is 0 Å². The molecule has 0 fully saturated rings. The average Bonchev–Trinajstić information content (AvgIpc) is 2.36. The molecule has 0 atom stereocenters. The first-order chi connectivity index (χ1) is 5.96. The predicted molar refractivity (Wildman–Crippen MR) is 51.3 cm³/mol. The molecule has 0 unspecified atom stereocenters. The van der Waals surface area contributed by atoms with Gasteiger partial charge in [-0.2, -0.15) is 0 Å². The van der Waals surface area contributed by atoms with Crippen LogP contribution in [0.1, 0.15) is 23.8 Å². The van der Waals surface area contributed by atoms with Crippen LogP contribution in [0.3, 0.4) is 0 Å². The molecule has 1 heterocycles. The molecule has 0 aliphatic carbocycles. The highest BCUT2D eigenvalue weighted by Gasteiger charge is 2.15. The van der Waals surface area contributed by atoms with E-state index in [1.54, 1.807) is 20.1 Å². The minimum atomic E-state index is -2.95. The summed E-state index contributed by atoms with van der Waals surface area (Å²) >= 11 is 0. The first kappa shape index (κ1) is 10.3. The summed E-state index contributed by atoms with van der Waals surface area (Å²) in [5.41, 5.74) is 1.72. The topological polar surface area (TPSA) is 47.3 Å². The molecular weight excluding hydrogens is 188 g/mol. The minimum absolute atomic E-state index is 0.0949. The van der Waals surface area contributed by atoms with E-state index in [-0.39, 0.29) is 11.5 Å². The molecule has 0 saturated heterocycles. The molecule has 0 aliphatic heterocycles. The van der Waals surface area contributed by atoms with Gasteiger partial charge in [0.2, 0.25) is 0 Å². The highest BCUT2D eigenvalue weighted by atomic mass is 32.2. The summed E-state index contributed by atoms with van der Waals surface area (Å²) in [7, 11) is -2.95. The van der Waals surface area contributed by atoms with Crippen LogP contribution in [0.4, 0.5) is 0 Å². The van der Waals surface area contributed by atoms with Crippen molar-refractivity contribution in [2.75, 3.05) is 5.75 Å². The molecule has 3 nitrogen and oxygen atoms in total. The lowest BCUT2D eigenvalue weighted by molar-refractivity contribution is 0.529. The third-order valence-corrected chi connectivity index (χ3v) is 3.73. The first-order valence-corrected chi connectivity index (χ1v) is 6.02. The van der Waals surface area contributed by atoms with Crippen LogP contribution in [0.15, 0.2) is 10.7 Å². The van der Waals surface area contributed by atoms with Crippen molar-refractivity contribution in [1.29, 1.82) is 0 Å². The Morgan fingerprint density at radius 2 is 2.00 bits per heavy atom. The quantitative estimate of drug-likeness (QED) is 0.751. The summed E-state index contributed by atoms with van der Waals surface area (Å²) in [4.78, 5) is 0. The largest absolute Gasteiger partial charge is 0.469 e. The van der Waals surface area contributed by atoms with Crippen LogP contribution < -0.4 is 0 Å². The van der Waals surface area contributed by atoms with E-state index in [0.717, 1.165) is 11.1 Å². The van der Waals surface area contributed by atoms with Crippen molar-refractivity contribution in [3.8, 4) is 0 Å². The summed E-state index contributed by atoms with van der Waals surface area (Å²) < 4.78 is 27.8. The maximum atomic E-state index is 11.3. The van der Waals surface area contributed by atoms with E-state index in [1.807, 2.05) is 6.92 Å². The van der Waals surface area contributed by atoms with E-state index in [4.69, 9.17) is 4.42 Å². The van der Waals surface area contributed by atoms with E-state index in [2.05, 4.69) is 0 Å². The molecule has 0 saturated carbocycles. The second kappa shape index (κ2) is 3.54. The molecule has 1 rings (SSSR count). The van der Waals surface area contributed by atoms with Crippen LogP contribution in [0, 0.1) is 13.8 Å². The third kappa shape index (κ3) is 2.34. The monoisotopic (exact) mass is 202 g/mol. The average molecular weight is 202 g/mol. The molecule has 0 radical (unpaired) electrons. The second-order valence-corrected chi connectivity index (χ2v) is 5.48. The van der Waals surface area contributed by atoms with E-state index >= 15 is 0 Å². The number of sulfone groups is 1. The number of rotatable bonds is 3. The maximum absolute atomic E-state index is 11.3. The Hall–Kier alpha value is -0.770. The van der Waals surface area contributed by atoms with Crippen LogP contribution >= 0.6 is 0 Å². The van der Waals surface area contributed by atoms with Crippen molar-refractivity contribution >= 4 is 9.84 Å². The summed E-state index contributed by atoms with van der Waals surface area (Å²) in [6, 6.07) is 0. The van der Waals surface area contributed by atoms with Gasteiger partial charge < -0.3 is 4.42 Å².